The largest absolute Gasteiger partial charge is 0.314 e. The van der Waals surface area contributed by atoms with Crippen LogP contribution in [0.2, 0.25) is 0 Å². The Labute approximate surface area is 132 Å². The molecule has 1 fully saturated rings. The molecule has 1 aliphatic heterocycles. The maximum Gasteiger partial charge on any atom is 0.132 e. The van der Waals surface area contributed by atoms with Gasteiger partial charge in [0.05, 0.1) is 6.07 Å². The molecule has 3 heteroatoms. The summed E-state index contributed by atoms with van der Waals surface area (Å²) in [6.07, 6.45) is 0. The third-order valence-corrected chi connectivity index (χ3v) is 4.52. The normalized spacial score (nSPS) is 18.4. The molecule has 0 bridgehead atoms. The Morgan fingerprint density at radius 2 is 1.55 bits per heavy atom. The molecule has 112 valence electrons. The van der Waals surface area contributed by atoms with Crippen molar-refractivity contribution in [3.63, 3.8) is 0 Å². The van der Waals surface area contributed by atoms with Crippen LogP contribution in [0.25, 0.3) is 11.1 Å². The van der Waals surface area contributed by atoms with Crippen molar-refractivity contribution in [3.8, 4) is 17.2 Å². The second kappa shape index (κ2) is 6.31. The Morgan fingerprint density at radius 3 is 2.14 bits per heavy atom. The fourth-order valence-electron chi connectivity index (χ4n) is 3.05. The molecule has 2 aromatic carbocycles. The van der Waals surface area contributed by atoms with Crippen molar-refractivity contribution in [2.24, 2.45) is 0 Å². The number of nitrogens with zero attached hydrogens (tertiary/aromatic N) is 2. The van der Waals surface area contributed by atoms with Crippen LogP contribution < -0.4 is 5.32 Å². The molecule has 1 heterocycles. The van der Waals surface area contributed by atoms with Crippen molar-refractivity contribution in [1.29, 1.82) is 5.26 Å². The molecule has 3 rings (SSSR count). The summed E-state index contributed by atoms with van der Waals surface area (Å²) in [7, 11) is 0. The lowest BCUT2D eigenvalue weighted by molar-refractivity contribution is 0.132. The average molecular weight is 291 g/mol. The molecule has 1 unspecified atom stereocenters. The van der Waals surface area contributed by atoms with Gasteiger partial charge in [0.15, 0.2) is 0 Å². The summed E-state index contributed by atoms with van der Waals surface area (Å²) in [4.78, 5) is 2.26. The van der Waals surface area contributed by atoms with Crippen LogP contribution in [0.5, 0.6) is 0 Å². The van der Waals surface area contributed by atoms with Crippen LogP contribution in [0.3, 0.4) is 0 Å². The van der Waals surface area contributed by atoms with Crippen LogP contribution in [-0.4, -0.2) is 31.1 Å². The van der Waals surface area contributed by atoms with Crippen molar-refractivity contribution in [2.75, 3.05) is 26.2 Å². The van der Waals surface area contributed by atoms with Crippen LogP contribution in [0.4, 0.5) is 0 Å². The Bertz CT molecular complexity index is 651. The minimum atomic E-state index is -0.558. The quantitative estimate of drug-likeness (QED) is 0.945. The van der Waals surface area contributed by atoms with Crippen LogP contribution in [-0.2, 0) is 5.54 Å². The first-order valence-corrected chi connectivity index (χ1v) is 7.77. The molecular weight excluding hydrogens is 270 g/mol. The zero-order valence-corrected chi connectivity index (χ0v) is 12.9. The van der Waals surface area contributed by atoms with E-state index in [1.54, 1.807) is 0 Å². The molecule has 1 atom stereocenters. The van der Waals surface area contributed by atoms with Gasteiger partial charge in [0, 0.05) is 26.2 Å². The zero-order valence-electron chi connectivity index (χ0n) is 12.9. The predicted octanol–water partition coefficient (Wildman–Crippen LogP) is 3.00. The SMILES string of the molecule is CC(C#N)(c1ccc(-c2ccccc2)cc1)N1CCNCC1. The summed E-state index contributed by atoms with van der Waals surface area (Å²) in [5, 5.41) is 13.1. The van der Waals surface area contributed by atoms with E-state index in [1.165, 1.54) is 11.1 Å². The zero-order chi connectivity index (χ0) is 15.4. The summed E-state index contributed by atoms with van der Waals surface area (Å²) < 4.78 is 0. The summed E-state index contributed by atoms with van der Waals surface area (Å²) in [5.74, 6) is 0. The monoisotopic (exact) mass is 291 g/mol. The van der Waals surface area contributed by atoms with E-state index in [0.717, 1.165) is 31.7 Å². The number of nitriles is 1. The van der Waals surface area contributed by atoms with Gasteiger partial charge in [0.2, 0.25) is 0 Å². The summed E-state index contributed by atoms with van der Waals surface area (Å²) in [6.45, 7) is 5.73. The highest BCUT2D eigenvalue weighted by atomic mass is 15.2. The molecule has 0 aromatic heterocycles. The second-order valence-electron chi connectivity index (χ2n) is 5.86. The van der Waals surface area contributed by atoms with Gasteiger partial charge in [-0.1, -0.05) is 54.6 Å². The molecule has 0 aliphatic carbocycles. The predicted molar refractivity (Wildman–Crippen MR) is 89.3 cm³/mol. The summed E-state index contributed by atoms with van der Waals surface area (Å²) >= 11 is 0. The van der Waals surface area contributed by atoms with Crippen LogP contribution in [0.1, 0.15) is 12.5 Å². The van der Waals surface area contributed by atoms with Crippen molar-refractivity contribution >= 4 is 0 Å². The van der Waals surface area contributed by atoms with E-state index in [0.29, 0.717) is 0 Å². The van der Waals surface area contributed by atoms with Crippen molar-refractivity contribution < 1.29 is 0 Å². The minimum Gasteiger partial charge on any atom is -0.314 e. The van der Waals surface area contributed by atoms with Crippen molar-refractivity contribution in [2.45, 2.75) is 12.5 Å². The first-order chi connectivity index (χ1) is 10.7. The van der Waals surface area contributed by atoms with Gasteiger partial charge in [-0.25, -0.2) is 0 Å². The number of nitrogens with one attached hydrogen (secondary N) is 1. The van der Waals surface area contributed by atoms with Gasteiger partial charge in [-0.2, -0.15) is 5.26 Å². The molecule has 3 nitrogen and oxygen atoms in total. The first kappa shape index (κ1) is 14.8. The average Bonchev–Trinajstić information content (AvgIpc) is 2.63. The fourth-order valence-corrected chi connectivity index (χ4v) is 3.05. The van der Waals surface area contributed by atoms with Gasteiger partial charge >= 0.3 is 0 Å². The highest BCUT2D eigenvalue weighted by molar-refractivity contribution is 5.63. The number of hydrogen-bond acceptors (Lipinski definition) is 3. The highest BCUT2D eigenvalue weighted by Gasteiger charge is 2.34. The van der Waals surface area contributed by atoms with E-state index in [4.69, 9.17) is 0 Å². The molecule has 1 N–H and O–H groups in total. The number of rotatable bonds is 3. The molecule has 2 aromatic rings. The second-order valence-corrected chi connectivity index (χ2v) is 5.86. The topological polar surface area (TPSA) is 39.1 Å². The van der Waals surface area contributed by atoms with Gasteiger partial charge in [-0.05, 0) is 23.6 Å². The van der Waals surface area contributed by atoms with Crippen LogP contribution >= 0.6 is 0 Å². The summed E-state index contributed by atoms with van der Waals surface area (Å²) in [5.41, 5.74) is 2.90. The Kier molecular flexibility index (Phi) is 4.24. The Morgan fingerprint density at radius 1 is 0.955 bits per heavy atom. The lowest BCUT2D eigenvalue weighted by atomic mass is 9.89. The van der Waals surface area contributed by atoms with E-state index < -0.39 is 5.54 Å². The van der Waals surface area contributed by atoms with E-state index in [-0.39, 0.29) is 0 Å². The molecule has 0 amide bonds. The van der Waals surface area contributed by atoms with E-state index in [1.807, 2.05) is 25.1 Å². The minimum absolute atomic E-state index is 0.558. The van der Waals surface area contributed by atoms with Gasteiger partial charge in [-0.3, -0.25) is 4.90 Å². The van der Waals surface area contributed by atoms with Crippen molar-refractivity contribution in [3.05, 3.63) is 60.2 Å². The van der Waals surface area contributed by atoms with Gasteiger partial charge in [0.1, 0.15) is 5.54 Å². The first-order valence-electron chi connectivity index (χ1n) is 7.77. The lowest BCUT2D eigenvalue weighted by Crippen LogP contribution is -2.52. The molecule has 0 spiro atoms. The molecule has 0 radical (unpaired) electrons. The maximum absolute atomic E-state index is 9.77. The molecular formula is C19H21N3. The Balaban J connectivity index is 1.89. The van der Waals surface area contributed by atoms with E-state index in [2.05, 4.69) is 52.7 Å². The van der Waals surface area contributed by atoms with E-state index >= 15 is 0 Å². The van der Waals surface area contributed by atoms with Crippen molar-refractivity contribution in [1.82, 2.24) is 10.2 Å². The maximum atomic E-state index is 9.77. The van der Waals surface area contributed by atoms with Crippen LogP contribution in [0, 0.1) is 11.3 Å². The summed E-state index contributed by atoms with van der Waals surface area (Å²) in [6, 6.07) is 21.3. The number of benzene rings is 2. The van der Waals surface area contributed by atoms with Gasteiger partial charge < -0.3 is 5.32 Å². The smallest absolute Gasteiger partial charge is 0.132 e. The fraction of sp³-hybridized carbons (Fsp3) is 0.316. The lowest BCUT2D eigenvalue weighted by Gasteiger charge is -2.39. The third-order valence-electron chi connectivity index (χ3n) is 4.52. The molecule has 1 aliphatic rings. The van der Waals surface area contributed by atoms with Gasteiger partial charge in [-0.15, -0.1) is 0 Å². The highest BCUT2D eigenvalue weighted by Crippen LogP contribution is 2.30. The molecule has 22 heavy (non-hydrogen) atoms. The molecule has 0 saturated carbocycles. The Hall–Kier alpha value is -2.15. The number of hydrogen-bond donors (Lipinski definition) is 1. The number of piperazine rings is 1. The van der Waals surface area contributed by atoms with E-state index in [9.17, 15) is 5.26 Å². The van der Waals surface area contributed by atoms with Gasteiger partial charge in [0.25, 0.3) is 0 Å². The standard InChI is InChI=1S/C19H21N3/c1-19(15-20,22-13-11-21-12-14-22)18-9-7-17(8-10-18)16-5-3-2-4-6-16/h2-10,21H,11-14H2,1H3. The van der Waals surface area contributed by atoms with Crippen LogP contribution in [0.15, 0.2) is 54.6 Å². The molecule has 1 saturated heterocycles. The third kappa shape index (κ3) is 2.76.